The van der Waals surface area contributed by atoms with Gasteiger partial charge in [0, 0.05) is 0 Å². The molecule has 0 heterocycles. The van der Waals surface area contributed by atoms with Gasteiger partial charge in [-0.1, -0.05) is 0 Å². The summed E-state index contributed by atoms with van der Waals surface area (Å²) in [4.78, 5) is 0. The van der Waals surface area contributed by atoms with Gasteiger partial charge in [0.2, 0.25) is 0 Å². The second-order valence-electron chi connectivity index (χ2n) is 13.9. The van der Waals surface area contributed by atoms with Crippen molar-refractivity contribution in [1.29, 1.82) is 0 Å². The van der Waals surface area contributed by atoms with Crippen LogP contribution in [0.15, 0.2) is 243 Å². The predicted octanol–water partition coefficient (Wildman–Crippen LogP) is 8.21. The summed E-state index contributed by atoms with van der Waals surface area (Å²) in [6.07, 6.45) is 0. The van der Waals surface area contributed by atoms with Crippen molar-refractivity contribution in [1.82, 2.24) is 0 Å². The Hall–Kier alpha value is -1.40. The van der Waals surface area contributed by atoms with Crippen molar-refractivity contribution in [3.63, 3.8) is 0 Å². The third-order valence-electron chi connectivity index (χ3n) is 10.2. The van der Waals surface area contributed by atoms with Crippen LogP contribution in [0.1, 0.15) is 0 Å². The number of hydrogen-bond acceptors (Lipinski definition) is 0. The monoisotopic (exact) mass is 1240 g/mol. The SMILES string of the molecule is [Se]=P(c1ccccc1)(c1ccccc1)[C-]([Se][Se][C-](P(=[Se])(c1ccccc1)c1ccccc1)P(=[Se])(c1ccccc1)c1ccccc1)P(=[Se])(c1ccccc1)c1ccccc1. The van der Waals surface area contributed by atoms with E-state index in [1.54, 1.807) is 8.60 Å². The van der Waals surface area contributed by atoms with Crippen LogP contribution in [0.5, 0.6) is 0 Å². The normalized spacial score (nSPS) is 12.4. The summed E-state index contributed by atoms with van der Waals surface area (Å²) in [5.74, 6) is 0. The quantitative estimate of drug-likeness (QED) is 0.0553. The third-order valence-corrected chi connectivity index (χ3v) is 70.0. The second-order valence-corrected chi connectivity index (χ2v) is 47.9. The molecule has 0 aliphatic carbocycles. The Kier molecular flexibility index (Phi) is 15.5. The van der Waals surface area contributed by atoms with Crippen molar-refractivity contribution in [2.75, 3.05) is 0 Å². The Morgan fingerprint density at radius 2 is 0.333 bits per heavy atom. The van der Waals surface area contributed by atoms with Crippen LogP contribution in [-0.4, -0.2) is 86.7 Å². The molecule has 0 unspecified atom stereocenters. The van der Waals surface area contributed by atoms with E-state index in [0.717, 1.165) is 0 Å². The third kappa shape index (κ3) is 8.98. The average Bonchev–Trinajstić information content (AvgIpc) is 3.34. The van der Waals surface area contributed by atoms with Crippen LogP contribution < -0.4 is 42.4 Å². The van der Waals surface area contributed by atoms with Crippen LogP contribution in [0.3, 0.4) is 0 Å². The van der Waals surface area contributed by atoms with E-state index in [4.69, 9.17) is 0 Å². The van der Waals surface area contributed by atoms with Gasteiger partial charge in [-0.25, -0.2) is 0 Å². The van der Waals surface area contributed by atoms with Crippen LogP contribution in [0.2, 0.25) is 0 Å². The standard InChI is InChI=1S/C50H40P4Se6/c55-51(41-25-9-1-10-26-41,42-27-11-2-12-28-42)49(52(56,43-29-13-3-14-30-43)44-31-15-4-16-32-44)59-60-50(53(57,45-33-17-5-18-34-45)46-35-19-6-20-36-46)54(58,47-37-21-7-22-38-47)48-39-23-8-24-40-48/h1-40H/q-2. The number of hydrogen-bond donors (Lipinski definition) is 0. The van der Waals surface area contributed by atoms with Crippen molar-refractivity contribution in [2.45, 2.75) is 0 Å². The molecule has 60 heavy (non-hydrogen) atoms. The van der Waals surface area contributed by atoms with Gasteiger partial charge in [-0.3, -0.25) is 0 Å². The topological polar surface area (TPSA) is 0 Å². The zero-order chi connectivity index (χ0) is 41.5. The summed E-state index contributed by atoms with van der Waals surface area (Å²) in [5.41, 5.74) is -9.36. The zero-order valence-electron chi connectivity index (χ0n) is 32.3. The average molecular weight is 1240 g/mol. The molecule has 0 aromatic heterocycles. The first-order valence-corrected chi connectivity index (χ1v) is 41.3. The first-order valence-electron chi connectivity index (χ1n) is 19.3. The van der Waals surface area contributed by atoms with E-state index in [0.29, 0.717) is 0 Å². The Morgan fingerprint density at radius 1 is 0.217 bits per heavy atom. The Labute approximate surface area is 398 Å². The molecule has 0 nitrogen and oxygen atoms in total. The maximum atomic E-state index is 4.10. The molecule has 298 valence electrons. The second kappa shape index (κ2) is 20.6. The molecule has 0 aliphatic heterocycles. The molecule has 8 aromatic carbocycles. The van der Waals surface area contributed by atoms with Crippen LogP contribution in [0.25, 0.3) is 0 Å². The minimum absolute atomic E-state index is 0.0229. The summed E-state index contributed by atoms with van der Waals surface area (Å²) in [7, 11) is 0. The van der Waals surface area contributed by atoms with Gasteiger partial charge in [0.15, 0.2) is 0 Å². The van der Waals surface area contributed by atoms with Crippen LogP contribution in [0.4, 0.5) is 0 Å². The van der Waals surface area contributed by atoms with E-state index >= 15 is 0 Å². The summed E-state index contributed by atoms with van der Waals surface area (Å²) in [5, 5.41) is 11.0. The van der Waals surface area contributed by atoms with Gasteiger partial charge in [0.05, 0.1) is 0 Å². The molecule has 10 heteroatoms. The molecule has 0 fully saturated rings. The van der Waals surface area contributed by atoms with Gasteiger partial charge in [-0.15, -0.1) is 0 Å². The van der Waals surface area contributed by atoms with E-state index in [1.807, 2.05) is 0 Å². The molecule has 0 saturated carbocycles. The molecule has 0 N–H and O–H groups in total. The van der Waals surface area contributed by atoms with E-state index in [1.165, 1.54) is 42.4 Å². The number of benzene rings is 8. The van der Waals surface area contributed by atoms with Gasteiger partial charge in [0.1, 0.15) is 0 Å². The van der Waals surface area contributed by atoms with E-state index < -0.39 is 22.0 Å². The van der Waals surface area contributed by atoms with Crippen LogP contribution >= 0.6 is 22.0 Å². The van der Waals surface area contributed by atoms with Gasteiger partial charge in [-0.2, -0.15) is 0 Å². The van der Waals surface area contributed by atoms with Crippen LogP contribution in [0, 0.1) is 8.60 Å². The molecular weight excluding hydrogens is 1200 g/mol. The van der Waals surface area contributed by atoms with Gasteiger partial charge in [0.25, 0.3) is 0 Å². The predicted molar refractivity (Wildman–Crippen MR) is 277 cm³/mol. The Balaban J connectivity index is 1.46. The van der Waals surface area contributed by atoms with Crippen molar-refractivity contribution in [2.24, 2.45) is 0 Å². The summed E-state index contributed by atoms with van der Waals surface area (Å²) >= 11 is 16.4. The fraction of sp³-hybridized carbons (Fsp3) is 0. The summed E-state index contributed by atoms with van der Waals surface area (Å²) in [6.45, 7) is 0. The first-order chi connectivity index (χ1) is 29.3. The van der Waals surface area contributed by atoms with Gasteiger partial charge >= 0.3 is 402 Å². The summed E-state index contributed by atoms with van der Waals surface area (Å²) < 4.78 is 3.32. The minimum atomic E-state index is -2.34. The van der Waals surface area contributed by atoms with E-state index in [-0.39, 0.29) is 26.3 Å². The molecule has 0 aliphatic rings. The van der Waals surface area contributed by atoms with Crippen molar-refractivity contribution in [3.8, 4) is 0 Å². The van der Waals surface area contributed by atoms with Gasteiger partial charge in [-0.05, 0) is 0 Å². The molecular formula is C50H40P4Se6-2. The molecule has 8 rings (SSSR count). The van der Waals surface area contributed by atoms with Crippen molar-refractivity contribution in [3.05, 3.63) is 251 Å². The molecule has 0 atom stereocenters. The number of rotatable bonds is 15. The van der Waals surface area contributed by atoms with Gasteiger partial charge < -0.3 is 0 Å². The van der Waals surface area contributed by atoms with Crippen molar-refractivity contribution < 1.29 is 0 Å². The molecule has 0 amide bonds. The molecule has 8 aromatic rings. The molecule has 0 spiro atoms. The zero-order valence-corrected chi connectivity index (χ0v) is 46.2. The van der Waals surface area contributed by atoms with E-state index in [9.17, 15) is 0 Å². The molecule has 0 saturated heterocycles. The molecule has 0 bridgehead atoms. The Bertz CT molecular complexity index is 2250. The fourth-order valence-electron chi connectivity index (χ4n) is 7.26. The molecule has 0 radical (unpaired) electrons. The van der Waals surface area contributed by atoms with Crippen molar-refractivity contribution >= 4 is 151 Å². The van der Waals surface area contributed by atoms with E-state index in [2.05, 4.69) is 303 Å². The maximum absolute atomic E-state index is 4.10. The first kappa shape index (κ1) is 45.2. The van der Waals surface area contributed by atoms with Crippen LogP contribution in [-0.2, 0) is 0 Å². The summed E-state index contributed by atoms with van der Waals surface area (Å²) in [6, 6.07) is 91.0. The fourth-order valence-corrected chi connectivity index (χ4v) is 89.7. The Morgan fingerprint density at radius 3 is 0.450 bits per heavy atom.